The quantitative estimate of drug-likeness (QED) is 0.789. The number of halogens is 1. The number of rotatable bonds is 5. The van der Waals surface area contributed by atoms with Crippen LogP contribution in [0, 0.1) is 0 Å². The Morgan fingerprint density at radius 3 is 2.58 bits per heavy atom. The van der Waals surface area contributed by atoms with Crippen LogP contribution in [0.4, 0.5) is 0 Å². The Morgan fingerprint density at radius 2 is 2.00 bits per heavy atom. The zero-order valence-electron chi connectivity index (χ0n) is 11.0. The van der Waals surface area contributed by atoms with E-state index >= 15 is 0 Å². The zero-order valence-corrected chi connectivity index (χ0v) is 11.8. The summed E-state index contributed by atoms with van der Waals surface area (Å²) in [6, 6.07) is 5.67. The van der Waals surface area contributed by atoms with Crippen LogP contribution >= 0.6 is 11.6 Å². The molecule has 2 rings (SSSR count). The monoisotopic (exact) mass is 282 g/mol. The van der Waals surface area contributed by atoms with Gasteiger partial charge in [0.05, 0.1) is 14.2 Å². The maximum absolute atomic E-state index is 5.87. The van der Waals surface area contributed by atoms with Gasteiger partial charge in [-0.05, 0) is 24.6 Å². The van der Waals surface area contributed by atoms with Crippen molar-refractivity contribution >= 4 is 11.6 Å². The molecule has 0 saturated heterocycles. The van der Waals surface area contributed by atoms with E-state index in [9.17, 15) is 0 Å². The number of nitrogens with zero attached hydrogens (tertiary/aromatic N) is 2. The normalized spacial score (nSPS) is 12.2. The molecule has 0 aliphatic heterocycles. The fourth-order valence-electron chi connectivity index (χ4n) is 1.67. The van der Waals surface area contributed by atoms with Crippen LogP contribution in [0.25, 0.3) is 0 Å². The Morgan fingerprint density at radius 1 is 1.26 bits per heavy atom. The zero-order chi connectivity index (χ0) is 13.8. The van der Waals surface area contributed by atoms with E-state index in [1.807, 2.05) is 18.2 Å². The number of methoxy groups -OCH3 is 2. The first-order chi connectivity index (χ1) is 9.13. The fraction of sp³-hybridized carbons (Fsp3) is 0.385. The molecule has 0 radical (unpaired) electrons. The summed E-state index contributed by atoms with van der Waals surface area (Å²) in [5, 5.41) is 3.60. The molecule has 2 aromatic rings. The smallest absolute Gasteiger partial charge is 0.244 e. The lowest BCUT2D eigenvalue weighted by Crippen LogP contribution is -1.95. The van der Waals surface area contributed by atoms with Gasteiger partial charge in [-0.3, -0.25) is 0 Å². The van der Waals surface area contributed by atoms with E-state index in [-0.39, 0.29) is 5.38 Å². The van der Waals surface area contributed by atoms with Crippen LogP contribution < -0.4 is 9.47 Å². The molecule has 0 fully saturated rings. The molecule has 0 amide bonds. The molecular formula is C13H15ClN2O3. The summed E-state index contributed by atoms with van der Waals surface area (Å²) in [6.45, 7) is 1.79. The van der Waals surface area contributed by atoms with Crippen molar-refractivity contribution in [3.8, 4) is 11.5 Å². The Hall–Kier alpha value is -1.75. The summed E-state index contributed by atoms with van der Waals surface area (Å²) in [6.07, 6.45) is 0.549. The van der Waals surface area contributed by atoms with Gasteiger partial charge in [0.1, 0.15) is 5.38 Å². The largest absolute Gasteiger partial charge is 0.493 e. The highest BCUT2D eigenvalue weighted by Crippen LogP contribution is 2.28. The molecule has 1 aromatic carbocycles. The lowest BCUT2D eigenvalue weighted by Gasteiger charge is -2.08. The molecule has 1 unspecified atom stereocenters. The lowest BCUT2D eigenvalue weighted by molar-refractivity contribution is 0.354. The SMILES string of the molecule is COc1ccc(Cc2noc(C(C)Cl)n2)cc1OC. The Labute approximate surface area is 116 Å². The maximum atomic E-state index is 5.87. The standard InChI is InChI=1S/C13H15ClN2O3/c1-8(14)13-15-12(16-19-13)7-9-4-5-10(17-2)11(6-9)18-3/h4-6,8H,7H2,1-3H3. The van der Waals surface area contributed by atoms with Crippen molar-refractivity contribution < 1.29 is 14.0 Å². The first-order valence-corrected chi connectivity index (χ1v) is 6.25. The van der Waals surface area contributed by atoms with Crippen LogP contribution in [0.3, 0.4) is 0 Å². The van der Waals surface area contributed by atoms with Gasteiger partial charge in [0, 0.05) is 6.42 Å². The molecule has 5 nitrogen and oxygen atoms in total. The van der Waals surface area contributed by atoms with Crippen molar-refractivity contribution in [2.24, 2.45) is 0 Å². The van der Waals surface area contributed by atoms with Crippen molar-refractivity contribution in [1.29, 1.82) is 0 Å². The van der Waals surface area contributed by atoms with E-state index in [1.54, 1.807) is 21.1 Å². The molecule has 0 bridgehead atoms. The highest BCUT2D eigenvalue weighted by Gasteiger charge is 2.12. The number of hydrogen-bond donors (Lipinski definition) is 0. The molecule has 0 saturated carbocycles. The van der Waals surface area contributed by atoms with E-state index in [1.165, 1.54) is 0 Å². The van der Waals surface area contributed by atoms with Crippen molar-refractivity contribution in [3.63, 3.8) is 0 Å². The molecule has 102 valence electrons. The lowest BCUT2D eigenvalue weighted by atomic mass is 10.1. The van der Waals surface area contributed by atoms with Crippen molar-refractivity contribution in [2.75, 3.05) is 14.2 Å². The Balaban J connectivity index is 2.18. The second kappa shape index (κ2) is 5.93. The fourth-order valence-corrected chi connectivity index (χ4v) is 1.76. The molecule has 19 heavy (non-hydrogen) atoms. The van der Waals surface area contributed by atoms with E-state index in [4.69, 9.17) is 25.6 Å². The van der Waals surface area contributed by atoms with Gasteiger partial charge in [0.2, 0.25) is 5.89 Å². The topological polar surface area (TPSA) is 57.4 Å². The summed E-state index contributed by atoms with van der Waals surface area (Å²) in [5.74, 6) is 2.38. The van der Waals surface area contributed by atoms with Crippen molar-refractivity contribution in [2.45, 2.75) is 18.7 Å². The molecule has 0 N–H and O–H groups in total. The van der Waals surface area contributed by atoms with Gasteiger partial charge in [-0.15, -0.1) is 11.6 Å². The first-order valence-electron chi connectivity index (χ1n) is 5.81. The van der Waals surface area contributed by atoms with Gasteiger partial charge >= 0.3 is 0 Å². The van der Waals surface area contributed by atoms with Crippen molar-refractivity contribution in [3.05, 3.63) is 35.5 Å². The van der Waals surface area contributed by atoms with E-state index in [2.05, 4.69) is 10.1 Å². The van der Waals surface area contributed by atoms with Crippen molar-refractivity contribution in [1.82, 2.24) is 10.1 Å². The summed E-state index contributed by atoms with van der Waals surface area (Å²) in [5.41, 5.74) is 1.01. The van der Waals surface area contributed by atoms with Gasteiger partial charge < -0.3 is 14.0 Å². The van der Waals surface area contributed by atoms with Crippen LogP contribution in [0.15, 0.2) is 22.7 Å². The molecule has 0 spiro atoms. The first kappa shape index (κ1) is 13.7. The van der Waals surface area contributed by atoms with Gasteiger partial charge in [-0.25, -0.2) is 0 Å². The molecule has 0 aliphatic carbocycles. The average molecular weight is 283 g/mol. The van der Waals surface area contributed by atoms with E-state index in [0.717, 1.165) is 5.56 Å². The highest BCUT2D eigenvalue weighted by molar-refractivity contribution is 6.20. The van der Waals surface area contributed by atoms with Gasteiger partial charge in [0.15, 0.2) is 17.3 Å². The van der Waals surface area contributed by atoms with Crippen LogP contribution in [-0.2, 0) is 6.42 Å². The van der Waals surface area contributed by atoms with Crippen LogP contribution in [0.1, 0.15) is 29.6 Å². The van der Waals surface area contributed by atoms with E-state index < -0.39 is 0 Å². The second-order valence-electron chi connectivity index (χ2n) is 4.03. The van der Waals surface area contributed by atoms with E-state index in [0.29, 0.717) is 29.6 Å². The summed E-state index contributed by atoms with van der Waals surface area (Å²) >= 11 is 5.87. The third kappa shape index (κ3) is 3.17. The molecule has 1 heterocycles. The highest BCUT2D eigenvalue weighted by atomic mass is 35.5. The molecule has 6 heteroatoms. The number of alkyl halides is 1. The number of aromatic nitrogens is 2. The Kier molecular flexibility index (Phi) is 4.27. The molecule has 0 aliphatic rings. The molecular weight excluding hydrogens is 268 g/mol. The third-order valence-corrected chi connectivity index (χ3v) is 2.82. The molecule has 1 atom stereocenters. The number of hydrogen-bond acceptors (Lipinski definition) is 5. The van der Waals surface area contributed by atoms with Gasteiger partial charge in [0.25, 0.3) is 0 Å². The summed E-state index contributed by atoms with van der Waals surface area (Å²) < 4.78 is 15.5. The van der Waals surface area contributed by atoms with Crippen LogP contribution in [0.2, 0.25) is 0 Å². The predicted molar refractivity (Wildman–Crippen MR) is 70.9 cm³/mol. The van der Waals surface area contributed by atoms with Crippen LogP contribution in [0.5, 0.6) is 11.5 Å². The third-order valence-electron chi connectivity index (χ3n) is 2.63. The average Bonchev–Trinajstić information content (AvgIpc) is 2.87. The molecule has 1 aromatic heterocycles. The Bertz CT molecular complexity index is 555. The summed E-state index contributed by atoms with van der Waals surface area (Å²) in [7, 11) is 3.20. The minimum atomic E-state index is -0.286. The predicted octanol–water partition coefficient (Wildman–Crippen LogP) is 2.98. The number of benzene rings is 1. The maximum Gasteiger partial charge on any atom is 0.244 e. The minimum Gasteiger partial charge on any atom is -0.493 e. The van der Waals surface area contributed by atoms with Crippen LogP contribution in [-0.4, -0.2) is 24.4 Å². The minimum absolute atomic E-state index is 0.286. The number of ether oxygens (including phenoxy) is 2. The second-order valence-corrected chi connectivity index (χ2v) is 4.69. The summed E-state index contributed by atoms with van der Waals surface area (Å²) in [4.78, 5) is 4.22. The van der Waals surface area contributed by atoms with Gasteiger partial charge in [-0.2, -0.15) is 4.98 Å². The van der Waals surface area contributed by atoms with Gasteiger partial charge in [-0.1, -0.05) is 11.2 Å².